The monoisotopic (exact) mass is 440 g/mol. The number of carboxylic acid groups (broad SMARTS) is 1. The average molecular weight is 441 g/mol. The van der Waals surface area contributed by atoms with Crippen molar-refractivity contribution in [2.45, 2.75) is 12.4 Å². The highest BCUT2D eigenvalue weighted by Gasteiger charge is 2.37. The maximum Gasteiger partial charge on any atom is 0.416 e. The molecule has 1 aromatic carbocycles. The number of rotatable bonds is 3. The number of carboxylic acids is 1. The maximum absolute atomic E-state index is 12.9. The fraction of sp³-hybridized carbons (Fsp3) is 0.133. The first kappa shape index (κ1) is 19.9. The molecule has 1 N–H and O–H groups in total. The van der Waals surface area contributed by atoms with E-state index in [1.165, 1.54) is 0 Å². The molecule has 11 heteroatoms. The van der Waals surface area contributed by atoms with Crippen molar-refractivity contribution in [2.24, 2.45) is 0 Å². The topological polar surface area (TPSA) is 63.1 Å². The molecule has 0 saturated carbocycles. The number of benzene rings is 1. The number of alkyl halides is 6. The number of halogens is 7. The zero-order valence-electron chi connectivity index (χ0n) is 12.4. The van der Waals surface area contributed by atoms with Crippen molar-refractivity contribution >= 4 is 28.0 Å². The smallest absolute Gasteiger partial charge is 0.416 e. The molecule has 26 heavy (non-hydrogen) atoms. The molecule has 0 aliphatic heterocycles. The number of hydrogen-bond donors (Lipinski definition) is 1. The van der Waals surface area contributed by atoms with E-state index in [0.717, 1.165) is 18.5 Å². The van der Waals surface area contributed by atoms with Gasteiger partial charge in [-0.2, -0.15) is 26.3 Å². The van der Waals surface area contributed by atoms with Gasteiger partial charge in [-0.15, -0.1) is 0 Å². The van der Waals surface area contributed by atoms with Crippen molar-refractivity contribution in [3.05, 3.63) is 51.9 Å². The molecule has 0 fully saturated rings. The predicted molar refractivity (Wildman–Crippen MR) is 82.0 cm³/mol. The number of aliphatic carboxylic acids is 1. The minimum Gasteiger partial charge on any atom is -0.477 e. The van der Waals surface area contributed by atoms with E-state index in [-0.39, 0.29) is 21.9 Å². The van der Waals surface area contributed by atoms with Crippen molar-refractivity contribution in [2.75, 3.05) is 0 Å². The molecule has 2 rings (SSSR count). The minimum absolute atomic E-state index is 0.00169. The molecular weight excluding hydrogens is 434 g/mol. The number of carbonyl (C=O) groups is 1. The van der Waals surface area contributed by atoms with Gasteiger partial charge in [-0.05, 0) is 40.2 Å². The summed E-state index contributed by atoms with van der Waals surface area (Å²) in [6, 6.07) is 1.03. The van der Waals surface area contributed by atoms with E-state index in [1.54, 1.807) is 0 Å². The van der Waals surface area contributed by atoms with Gasteiger partial charge in [0.05, 0.1) is 34.9 Å². The van der Waals surface area contributed by atoms with Crippen LogP contribution in [0, 0.1) is 0 Å². The van der Waals surface area contributed by atoms with E-state index in [9.17, 15) is 31.1 Å². The Hall–Kier alpha value is -2.43. The summed E-state index contributed by atoms with van der Waals surface area (Å²) in [6.45, 7) is 0. The van der Waals surface area contributed by atoms with E-state index >= 15 is 0 Å². The lowest BCUT2D eigenvalue weighted by atomic mass is 10.0. The predicted octanol–water partition coefficient (Wildman–Crippen LogP) is 5.00. The van der Waals surface area contributed by atoms with Gasteiger partial charge < -0.3 is 5.11 Å². The van der Waals surface area contributed by atoms with Crippen molar-refractivity contribution < 1.29 is 36.2 Å². The molecule has 0 atom stereocenters. The molecule has 4 nitrogen and oxygen atoms in total. The molecule has 0 spiro atoms. The normalized spacial score (nSPS) is 13.0. The third kappa shape index (κ3) is 4.81. The van der Waals surface area contributed by atoms with Crippen LogP contribution in [0.2, 0.25) is 0 Å². The SMILES string of the molecule is O=C(O)/C(Br)=C/c1cncc(-c2cc(C(F)(F)F)cc(C(F)(F)F)c2)n1. The van der Waals surface area contributed by atoms with Crippen LogP contribution in [0.4, 0.5) is 26.3 Å². The Labute approximate surface area is 150 Å². The molecule has 1 aromatic heterocycles. The summed E-state index contributed by atoms with van der Waals surface area (Å²) in [7, 11) is 0. The quantitative estimate of drug-likeness (QED) is 0.538. The van der Waals surface area contributed by atoms with E-state index < -0.39 is 35.0 Å². The van der Waals surface area contributed by atoms with Gasteiger partial charge in [0.15, 0.2) is 0 Å². The third-order valence-electron chi connectivity index (χ3n) is 3.02. The Morgan fingerprint density at radius 3 is 2.00 bits per heavy atom. The Bertz CT molecular complexity index is 845. The highest BCUT2D eigenvalue weighted by molar-refractivity contribution is 9.12. The van der Waals surface area contributed by atoms with E-state index in [2.05, 4.69) is 25.9 Å². The molecule has 1 heterocycles. The molecule has 0 aliphatic rings. The van der Waals surface area contributed by atoms with Gasteiger partial charge in [0.25, 0.3) is 0 Å². The second kappa shape index (κ2) is 7.06. The molecule has 0 amide bonds. The van der Waals surface area contributed by atoms with Crippen LogP contribution < -0.4 is 0 Å². The summed E-state index contributed by atoms with van der Waals surface area (Å²) in [4.78, 5) is 18.3. The molecule has 0 saturated heterocycles. The Morgan fingerprint density at radius 1 is 1.00 bits per heavy atom. The van der Waals surface area contributed by atoms with E-state index in [0.29, 0.717) is 12.1 Å². The lowest BCUT2D eigenvalue weighted by molar-refractivity contribution is -0.143. The van der Waals surface area contributed by atoms with Gasteiger partial charge in [-0.25, -0.2) is 9.78 Å². The van der Waals surface area contributed by atoms with Gasteiger partial charge in [-0.1, -0.05) is 0 Å². The van der Waals surface area contributed by atoms with Crippen LogP contribution in [0.15, 0.2) is 35.1 Å². The lowest BCUT2D eigenvalue weighted by Crippen LogP contribution is -2.11. The standard InChI is InChI=1S/C15H7BrF6N2O2/c16-11(13(25)26)4-10-5-23-6-12(24-10)7-1-8(14(17,18)19)3-9(2-7)15(20,21)22/h1-6H,(H,25,26)/b11-4-. The Morgan fingerprint density at radius 2 is 1.54 bits per heavy atom. The maximum atomic E-state index is 12.9. The second-order valence-electron chi connectivity index (χ2n) is 4.92. The first-order valence-corrected chi connectivity index (χ1v) is 7.39. The van der Waals surface area contributed by atoms with Crippen molar-refractivity contribution in [3.63, 3.8) is 0 Å². The highest BCUT2D eigenvalue weighted by atomic mass is 79.9. The lowest BCUT2D eigenvalue weighted by Gasteiger charge is -2.14. The zero-order valence-corrected chi connectivity index (χ0v) is 13.9. The number of nitrogens with zero attached hydrogens (tertiary/aromatic N) is 2. The molecule has 0 bridgehead atoms. The Kier molecular flexibility index (Phi) is 5.40. The zero-order chi connectivity index (χ0) is 19.7. The molecule has 0 radical (unpaired) electrons. The summed E-state index contributed by atoms with van der Waals surface area (Å²) in [6.07, 6.45) is -6.90. The van der Waals surface area contributed by atoms with Gasteiger partial charge in [0, 0.05) is 5.56 Å². The van der Waals surface area contributed by atoms with Crippen molar-refractivity contribution in [3.8, 4) is 11.3 Å². The van der Waals surface area contributed by atoms with E-state index in [4.69, 9.17) is 5.11 Å². The number of hydrogen-bond acceptors (Lipinski definition) is 3. The first-order valence-electron chi connectivity index (χ1n) is 6.60. The summed E-state index contributed by atoms with van der Waals surface area (Å²) in [5, 5.41) is 8.77. The van der Waals surface area contributed by atoms with Gasteiger partial charge in [0.1, 0.15) is 4.48 Å². The summed E-state index contributed by atoms with van der Waals surface area (Å²) in [5.41, 5.74) is -3.78. The minimum atomic E-state index is -4.99. The first-order chi connectivity index (χ1) is 11.9. The molecule has 2 aromatic rings. The summed E-state index contributed by atoms with van der Waals surface area (Å²) < 4.78 is 77.1. The largest absolute Gasteiger partial charge is 0.477 e. The average Bonchev–Trinajstić information content (AvgIpc) is 2.53. The van der Waals surface area contributed by atoms with Gasteiger partial charge >= 0.3 is 18.3 Å². The molecular formula is C15H7BrF6N2O2. The van der Waals surface area contributed by atoms with Gasteiger partial charge in [-0.3, -0.25) is 4.98 Å². The van der Waals surface area contributed by atoms with Crippen LogP contribution in [-0.2, 0) is 17.1 Å². The van der Waals surface area contributed by atoms with Gasteiger partial charge in [0.2, 0.25) is 0 Å². The van der Waals surface area contributed by atoms with Crippen molar-refractivity contribution in [1.82, 2.24) is 9.97 Å². The van der Waals surface area contributed by atoms with Crippen LogP contribution >= 0.6 is 15.9 Å². The third-order valence-corrected chi connectivity index (χ3v) is 3.58. The van der Waals surface area contributed by atoms with Crippen LogP contribution in [0.1, 0.15) is 16.8 Å². The second-order valence-corrected chi connectivity index (χ2v) is 5.78. The van der Waals surface area contributed by atoms with Crippen LogP contribution in [0.5, 0.6) is 0 Å². The molecule has 138 valence electrons. The Balaban J connectivity index is 2.61. The van der Waals surface area contributed by atoms with Crippen LogP contribution in [-0.4, -0.2) is 21.0 Å². The number of aromatic nitrogens is 2. The van der Waals surface area contributed by atoms with Crippen LogP contribution in [0.25, 0.3) is 17.3 Å². The fourth-order valence-electron chi connectivity index (χ4n) is 1.88. The molecule has 0 unspecified atom stereocenters. The molecule has 0 aliphatic carbocycles. The van der Waals surface area contributed by atoms with E-state index in [1.807, 2.05) is 0 Å². The fourth-order valence-corrected chi connectivity index (χ4v) is 2.12. The summed E-state index contributed by atoms with van der Waals surface area (Å²) >= 11 is 2.73. The summed E-state index contributed by atoms with van der Waals surface area (Å²) in [5.74, 6) is -1.34. The van der Waals surface area contributed by atoms with Crippen molar-refractivity contribution in [1.29, 1.82) is 0 Å². The highest BCUT2D eigenvalue weighted by Crippen LogP contribution is 2.38. The van der Waals surface area contributed by atoms with Crippen LogP contribution in [0.3, 0.4) is 0 Å².